The van der Waals surface area contributed by atoms with Crippen LogP contribution < -0.4 is 15.2 Å². The topological polar surface area (TPSA) is 102 Å². The number of likely N-dealkylation sites (tertiary alicyclic amines) is 1. The Kier molecular flexibility index (Phi) is 8.10. The lowest BCUT2D eigenvalue weighted by Crippen LogP contribution is -2.53. The van der Waals surface area contributed by atoms with E-state index < -0.39 is 29.0 Å². The summed E-state index contributed by atoms with van der Waals surface area (Å²) in [4.78, 5) is 32.6. The first kappa shape index (κ1) is 29.1. The lowest BCUT2D eigenvalue weighted by atomic mass is 9.80. The van der Waals surface area contributed by atoms with Crippen LogP contribution in [-0.2, 0) is 4.79 Å². The highest BCUT2D eigenvalue weighted by Crippen LogP contribution is 2.47. The Balaban J connectivity index is 1.32. The average molecular weight is 626 g/mol. The van der Waals surface area contributed by atoms with E-state index in [0.717, 1.165) is 29.1 Å². The summed E-state index contributed by atoms with van der Waals surface area (Å²) in [5.74, 6) is -1.27. The molecule has 2 aromatic carbocycles. The second kappa shape index (κ2) is 12.0. The molecule has 2 aromatic heterocycles. The Morgan fingerprint density at radius 1 is 1.26 bits per heavy atom. The second-order valence-electron chi connectivity index (χ2n) is 10.5. The van der Waals surface area contributed by atoms with Crippen molar-refractivity contribution in [3.63, 3.8) is 0 Å². The first-order chi connectivity index (χ1) is 20.8. The van der Waals surface area contributed by atoms with Crippen molar-refractivity contribution in [2.75, 3.05) is 17.8 Å². The predicted octanol–water partition coefficient (Wildman–Crippen LogP) is 6.49. The van der Waals surface area contributed by atoms with Crippen LogP contribution in [0.4, 0.5) is 13.9 Å². The molecule has 43 heavy (non-hydrogen) atoms. The van der Waals surface area contributed by atoms with Crippen molar-refractivity contribution in [3.8, 4) is 5.75 Å². The molecule has 224 valence electrons. The van der Waals surface area contributed by atoms with E-state index in [2.05, 4.69) is 14.1 Å². The summed E-state index contributed by atoms with van der Waals surface area (Å²) in [7, 11) is 0. The summed E-state index contributed by atoms with van der Waals surface area (Å²) in [5, 5.41) is 0.502. The summed E-state index contributed by atoms with van der Waals surface area (Å²) in [6.45, 7) is 4.79. The molecule has 2 aliphatic heterocycles. The molecule has 6 rings (SSSR count). The van der Waals surface area contributed by atoms with Crippen molar-refractivity contribution in [1.82, 2.24) is 18.8 Å². The van der Waals surface area contributed by atoms with Crippen molar-refractivity contribution in [2.24, 2.45) is 0 Å². The zero-order chi connectivity index (χ0) is 30.1. The Bertz CT molecular complexity index is 1770. The molecule has 9 nitrogen and oxygen atoms in total. The zero-order valence-corrected chi connectivity index (χ0v) is 25.1. The molecular weight excluding hydrogens is 596 g/mol. The van der Waals surface area contributed by atoms with Crippen LogP contribution in [-0.4, -0.2) is 43.4 Å². The number of benzene rings is 2. The number of piperidine rings is 1. The van der Waals surface area contributed by atoms with E-state index in [1.54, 1.807) is 6.07 Å². The molecular formula is C30H29F2N5O4S2. The number of allylic oxidation sites excluding steroid dienone is 3. The number of carbonyl (C=O) groups excluding carboxylic acids is 1. The van der Waals surface area contributed by atoms with Crippen molar-refractivity contribution < 1.29 is 22.7 Å². The van der Waals surface area contributed by atoms with Gasteiger partial charge in [0.15, 0.2) is 5.58 Å². The van der Waals surface area contributed by atoms with Crippen LogP contribution in [0.3, 0.4) is 0 Å². The minimum absolute atomic E-state index is 0.00732. The number of hydrogen-bond donors (Lipinski definition) is 1. The van der Waals surface area contributed by atoms with E-state index in [-0.39, 0.29) is 21.9 Å². The summed E-state index contributed by atoms with van der Waals surface area (Å²) < 4.78 is 50.2. The van der Waals surface area contributed by atoms with Crippen molar-refractivity contribution in [1.29, 1.82) is 0 Å². The van der Waals surface area contributed by atoms with Crippen LogP contribution in [0.1, 0.15) is 51.1 Å². The number of nitrogens with zero attached hydrogens (tertiary/aromatic N) is 4. The number of nitrogens with one attached hydrogen (secondary N) is 1. The molecule has 4 heterocycles. The molecule has 2 aliphatic rings. The average Bonchev–Trinajstić information content (AvgIpc) is 3.63. The van der Waals surface area contributed by atoms with Crippen LogP contribution >= 0.6 is 23.5 Å². The molecule has 1 unspecified atom stereocenters. The van der Waals surface area contributed by atoms with Crippen LogP contribution in [0.15, 0.2) is 74.6 Å². The van der Waals surface area contributed by atoms with Gasteiger partial charge in [0, 0.05) is 67.2 Å². The molecule has 0 bridgehead atoms. The molecule has 1 amide bonds. The first-order valence-corrected chi connectivity index (χ1v) is 15.5. The number of oxazole rings is 1. The molecule has 1 saturated heterocycles. The number of ether oxygens (including phenoxy) is 1. The number of halogens is 2. The largest absolute Gasteiger partial charge is 0.487 e. The van der Waals surface area contributed by atoms with Gasteiger partial charge in [-0.3, -0.25) is 9.36 Å². The van der Waals surface area contributed by atoms with Crippen LogP contribution in [0.5, 0.6) is 5.75 Å². The fraction of sp³-hybridized carbons (Fsp3) is 0.333. The third kappa shape index (κ3) is 5.70. The van der Waals surface area contributed by atoms with Gasteiger partial charge in [-0.05, 0) is 43.5 Å². The fourth-order valence-corrected chi connectivity index (χ4v) is 6.88. The maximum atomic E-state index is 15.3. The van der Waals surface area contributed by atoms with Gasteiger partial charge in [0.25, 0.3) is 0 Å². The summed E-state index contributed by atoms with van der Waals surface area (Å²) >= 11 is 2.12. The van der Waals surface area contributed by atoms with Crippen molar-refractivity contribution in [2.45, 2.75) is 56.1 Å². The molecule has 1 fully saturated rings. The third-order valence-corrected chi connectivity index (χ3v) is 9.46. The Morgan fingerprint density at radius 3 is 2.79 bits per heavy atom. The normalized spacial score (nSPS) is 18.3. The molecule has 0 radical (unpaired) electrons. The maximum Gasteiger partial charge on any atom is 0.420 e. The van der Waals surface area contributed by atoms with Gasteiger partial charge in [-0.1, -0.05) is 25.2 Å². The number of anilines is 1. The summed E-state index contributed by atoms with van der Waals surface area (Å²) in [6, 6.07) is 6.27. The first-order valence-electron chi connectivity index (χ1n) is 13.9. The molecule has 0 aliphatic carbocycles. The molecule has 0 saturated carbocycles. The second-order valence-corrected chi connectivity index (χ2v) is 12.1. The number of rotatable bonds is 7. The molecule has 1 spiro atoms. The monoisotopic (exact) mass is 625 g/mol. The molecule has 13 heteroatoms. The van der Waals surface area contributed by atoms with Gasteiger partial charge in [-0.25, -0.2) is 18.6 Å². The molecule has 1 N–H and O–H groups in total. The highest BCUT2D eigenvalue weighted by atomic mass is 32.2. The minimum Gasteiger partial charge on any atom is -0.487 e. The smallest absolute Gasteiger partial charge is 0.420 e. The quantitative estimate of drug-likeness (QED) is 0.141. The van der Waals surface area contributed by atoms with Crippen molar-refractivity contribution in [3.05, 3.63) is 88.2 Å². The lowest BCUT2D eigenvalue weighted by molar-refractivity contribution is -0.131. The third-order valence-electron chi connectivity index (χ3n) is 7.92. The Morgan fingerprint density at radius 2 is 2.07 bits per heavy atom. The van der Waals surface area contributed by atoms with Gasteiger partial charge in [-0.15, -0.1) is 0 Å². The number of fused-ring (bicyclic) bond motifs is 2. The van der Waals surface area contributed by atoms with E-state index in [4.69, 9.17) is 9.15 Å². The zero-order valence-electron chi connectivity index (χ0n) is 23.5. The lowest BCUT2D eigenvalue weighted by Gasteiger charge is -2.47. The van der Waals surface area contributed by atoms with E-state index in [1.165, 1.54) is 35.2 Å². The van der Waals surface area contributed by atoms with E-state index in [1.807, 2.05) is 37.0 Å². The van der Waals surface area contributed by atoms with Crippen LogP contribution in [0.2, 0.25) is 0 Å². The summed E-state index contributed by atoms with van der Waals surface area (Å²) in [6.07, 6.45) is 8.96. The Hall–Kier alpha value is -3.97. The van der Waals surface area contributed by atoms with Gasteiger partial charge >= 0.3 is 5.76 Å². The number of carbonyl (C=O) groups is 1. The van der Waals surface area contributed by atoms with Crippen molar-refractivity contribution >= 4 is 45.6 Å². The highest BCUT2D eigenvalue weighted by Gasteiger charge is 2.45. The van der Waals surface area contributed by atoms with Gasteiger partial charge in [0.05, 0.1) is 16.5 Å². The molecule has 4 aromatic rings. The van der Waals surface area contributed by atoms with Gasteiger partial charge in [-0.2, -0.15) is 4.37 Å². The fourth-order valence-electron chi connectivity index (χ4n) is 5.75. The molecule has 1 atom stereocenters. The number of hydrogen-bond acceptors (Lipinski definition) is 9. The number of aromatic nitrogens is 3. The predicted molar refractivity (Wildman–Crippen MR) is 161 cm³/mol. The standard InChI is InChI=1S/C30H29F2N5O4S2/c1-3-5-6-18(4-2)27(38)36-11-9-30(10-12-36)16-23(20-13-19(31)7-8-24(20)41-30)37-22-14-21(32)26(15-25(22)40-29(37)39)42-35-28-33-17-34-43-28/h3,5-8,13-15,17,23H,4,9-12,16H2,1-2H3,(H,33,34,35). The van der Waals surface area contributed by atoms with Crippen LogP contribution in [0, 0.1) is 11.6 Å². The van der Waals surface area contributed by atoms with E-state index >= 15 is 4.39 Å². The maximum absolute atomic E-state index is 15.3. The van der Waals surface area contributed by atoms with Gasteiger partial charge < -0.3 is 18.8 Å². The van der Waals surface area contributed by atoms with E-state index in [0.29, 0.717) is 55.2 Å². The van der Waals surface area contributed by atoms with Crippen LogP contribution in [0.25, 0.3) is 11.1 Å². The SMILES string of the molecule is CC=CC=C(CC)C(=O)N1CCC2(CC1)CC(n1c(=O)oc3cc(SNc4ncns4)c(F)cc31)c1cc(F)ccc1O2. The van der Waals surface area contributed by atoms with Gasteiger partial charge in [0.2, 0.25) is 11.0 Å². The summed E-state index contributed by atoms with van der Waals surface area (Å²) in [5.41, 5.74) is 0.954. The number of amides is 1. The minimum atomic E-state index is -0.714. The Labute approximate surface area is 254 Å². The van der Waals surface area contributed by atoms with E-state index in [9.17, 15) is 14.0 Å². The highest BCUT2D eigenvalue weighted by molar-refractivity contribution is 8.00. The van der Waals surface area contributed by atoms with Gasteiger partial charge in [0.1, 0.15) is 29.3 Å².